The highest BCUT2D eigenvalue weighted by atomic mass is 15.1. The fraction of sp³-hybridized carbons (Fsp3) is 1.00. The first-order valence-electron chi connectivity index (χ1n) is 9.05. The van der Waals surface area contributed by atoms with Crippen molar-refractivity contribution in [2.75, 3.05) is 13.1 Å². The molecule has 0 aliphatic carbocycles. The van der Waals surface area contributed by atoms with Gasteiger partial charge in [-0.05, 0) is 21.7 Å². The predicted octanol–water partition coefficient (Wildman–Crippen LogP) is 4.16. The van der Waals surface area contributed by atoms with Gasteiger partial charge in [-0.3, -0.25) is 0 Å². The molecule has 3 heteroatoms. The maximum Gasteiger partial charge on any atom is 0.0470 e. The molecule has 0 aromatic rings. The monoisotopic (exact) mass is 327 g/mol. The fourth-order valence-corrected chi connectivity index (χ4v) is 5.49. The van der Waals surface area contributed by atoms with Crippen molar-refractivity contribution in [2.24, 2.45) is 33.1 Å². The largest absolute Gasteiger partial charge is 0.329 e. The van der Waals surface area contributed by atoms with Crippen LogP contribution in [0.4, 0.5) is 0 Å². The molecule has 0 saturated heterocycles. The topological polar surface area (TPSA) is 64.1 Å². The van der Waals surface area contributed by atoms with Gasteiger partial charge in [0.05, 0.1) is 0 Å². The summed E-state index contributed by atoms with van der Waals surface area (Å²) < 4.78 is 0. The second-order valence-electron chi connectivity index (χ2n) is 11.3. The minimum atomic E-state index is -0.460. The van der Waals surface area contributed by atoms with E-state index in [1.165, 1.54) is 0 Å². The first-order chi connectivity index (χ1) is 9.81. The van der Waals surface area contributed by atoms with E-state index < -0.39 is 5.54 Å². The van der Waals surface area contributed by atoms with Crippen molar-refractivity contribution in [2.45, 2.75) is 94.2 Å². The summed E-state index contributed by atoms with van der Waals surface area (Å²) in [6.07, 6.45) is 0. The van der Waals surface area contributed by atoms with E-state index in [0.29, 0.717) is 6.54 Å². The Hall–Kier alpha value is -0.120. The summed E-state index contributed by atoms with van der Waals surface area (Å²) in [6.45, 7) is 28.8. The molecule has 0 bridgehead atoms. The second kappa shape index (κ2) is 6.31. The third-order valence-corrected chi connectivity index (χ3v) is 5.74. The summed E-state index contributed by atoms with van der Waals surface area (Å²) in [4.78, 5) is 0. The van der Waals surface area contributed by atoms with Gasteiger partial charge < -0.3 is 16.8 Å². The van der Waals surface area contributed by atoms with Gasteiger partial charge in [-0.15, -0.1) is 0 Å². The molecule has 0 aromatic heterocycles. The van der Waals surface area contributed by atoms with Gasteiger partial charge in [0, 0.05) is 24.2 Å². The van der Waals surface area contributed by atoms with Crippen LogP contribution in [-0.2, 0) is 0 Å². The van der Waals surface area contributed by atoms with Gasteiger partial charge in [-0.2, -0.15) is 0 Å². The molecule has 140 valence electrons. The van der Waals surface area contributed by atoms with Crippen LogP contribution < -0.4 is 16.8 Å². The predicted molar refractivity (Wildman–Crippen MR) is 105 cm³/mol. The Morgan fingerprint density at radius 1 is 0.609 bits per heavy atom. The lowest BCUT2D eigenvalue weighted by Crippen LogP contribution is -2.85. The fourth-order valence-electron chi connectivity index (χ4n) is 5.49. The molecule has 0 atom stereocenters. The van der Waals surface area contributed by atoms with Crippen LogP contribution in [0.2, 0.25) is 0 Å². The molecule has 23 heavy (non-hydrogen) atoms. The molecule has 0 aliphatic rings. The van der Waals surface area contributed by atoms with Crippen LogP contribution in [-0.4, -0.2) is 24.2 Å². The van der Waals surface area contributed by atoms with E-state index in [0.717, 1.165) is 6.54 Å². The molecular formula is C20H45N3. The third kappa shape index (κ3) is 3.48. The molecule has 0 amide bonds. The molecule has 0 radical (unpaired) electrons. The lowest BCUT2D eigenvalue weighted by atomic mass is 9.41. The molecule has 0 spiro atoms. The van der Waals surface area contributed by atoms with Crippen LogP contribution in [0.25, 0.3) is 0 Å². The average molecular weight is 328 g/mol. The first-order valence-corrected chi connectivity index (χ1v) is 9.05. The van der Waals surface area contributed by atoms with E-state index in [9.17, 15) is 0 Å². The van der Waals surface area contributed by atoms with Crippen LogP contribution >= 0.6 is 0 Å². The van der Waals surface area contributed by atoms with E-state index in [2.05, 4.69) is 88.4 Å². The van der Waals surface area contributed by atoms with Gasteiger partial charge in [-0.1, -0.05) is 83.1 Å². The van der Waals surface area contributed by atoms with Gasteiger partial charge in [0.1, 0.15) is 0 Å². The second-order valence-corrected chi connectivity index (χ2v) is 11.3. The summed E-state index contributed by atoms with van der Waals surface area (Å²) in [5.74, 6) is 0. The van der Waals surface area contributed by atoms with Gasteiger partial charge in [-0.25, -0.2) is 0 Å². The van der Waals surface area contributed by atoms with E-state index in [-0.39, 0.29) is 27.2 Å². The van der Waals surface area contributed by atoms with Crippen molar-refractivity contribution in [3.8, 4) is 0 Å². The van der Waals surface area contributed by atoms with Crippen molar-refractivity contribution in [1.29, 1.82) is 0 Å². The molecule has 0 fully saturated rings. The Labute approximate surface area is 146 Å². The zero-order chi connectivity index (χ0) is 19.1. The zero-order valence-electron chi connectivity index (χ0n) is 18.1. The Balaban J connectivity index is 6.98. The lowest BCUT2D eigenvalue weighted by molar-refractivity contribution is -0.135. The first kappa shape index (κ1) is 22.9. The van der Waals surface area contributed by atoms with E-state index >= 15 is 0 Å². The molecule has 0 aromatic carbocycles. The average Bonchev–Trinajstić information content (AvgIpc) is 2.22. The Kier molecular flexibility index (Phi) is 6.28. The standard InChI is InChI=1S/C20H45N3/c1-15(2,3)19(22,16(4,5)6)20(17(7,8)9,18(10,11)12)23-14-13-21/h23H,13-14,21-22H2,1-12H3. The minimum absolute atomic E-state index is 0.0459. The van der Waals surface area contributed by atoms with E-state index in [1.807, 2.05) is 0 Å². The summed E-state index contributed by atoms with van der Waals surface area (Å²) >= 11 is 0. The van der Waals surface area contributed by atoms with Gasteiger partial charge in [0.25, 0.3) is 0 Å². The van der Waals surface area contributed by atoms with Gasteiger partial charge >= 0.3 is 0 Å². The summed E-state index contributed by atoms with van der Waals surface area (Å²) in [6, 6.07) is 0. The zero-order valence-corrected chi connectivity index (χ0v) is 18.1. The molecule has 0 saturated carbocycles. The highest BCUT2D eigenvalue weighted by molar-refractivity contribution is 5.26. The molecular weight excluding hydrogens is 282 g/mol. The summed E-state index contributed by atoms with van der Waals surface area (Å²) in [5.41, 5.74) is 12.3. The SMILES string of the molecule is CC(C)(C)C(N)(C(C)(C)C)C(NCCN)(C(C)(C)C)C(C)(C)C. The van der Waals surface area contributed by atoms with Crippen molar-refractivity contribution < 1.29 is 0 Å². The number of nitrogens with one attached hydrogen (secondary N) is 1. The van der Waals surface area contributed by atoms with Gasteiger partial charge in [0.2, 0.25) is 0 Å². The van der Waals surface area contributed by atoms with Crippen LogP contribution in [0.15, 0.2) is 0 Å². The highest BCUT2D eigenvalue weighted by Crippen LogP contribution is 2.60. The molecule has 0 unspecified atom stereocenters. The van der Waals surface area contributed by atoms with E-state index in [4.69, 9.17) is 11.5 Å². The summed E-state index contributed by atoms with van der Waals surface area (Å²) in [7, 11) is 0. The minimum Gasteiger partial charge on any atom is -0.329 e. The maximum absolute atomic E-state index is 7.44. The van der Waals surface area contributed by atoms with Crippen LogP contribution in [0.5, 0.6) is 0 Å². The smallest absolute Gasteiger partial charge is 0.0470 e. The maximum atomic E-state index is 7.44. The Morgan fingerprint density at radius 2 is 0.913 bits per heavy atom. The van der Waals surface area contributed by atoms with Crippen LogP contribution in [0.3, 0.4) is 0 Å². The normalized spacial score (nSPS) is 15.9. The van der Waals surface area contributed by atoms with Crippen molar-refractivity contribution >= 4 is 0 Å². The third-order valence-electron chi connectivity index (χ3n) is 5.74. The molecule has 5 N–H and O–H groups in total. The van der Waals surface area contributed by atoms with Crippen molar-refractivity contribution in [3.05, 3.63) is 0 Å². The van der Waals surface area contributed by atoms with Gasteiger partial charge in [0.15, 0.2) is 0 Å². The number of hydrogen-bond donors (Lipinski definition) is 3. The van der Waals surface area contributed by atoms with Crippen molar-refractivity contribution in [3.63, 3.8) is 0 Å². The van der Waals surface area contributed by atoms with Crippen LogP contribution in [0.1, 0.15) is 83.1 Å². The molecule has 0 rings (SSSR count). The van der Waals surface area contributed by atoms with E-state index in [1.54, 1.807) is 0 Å². The Bertz CT molecular complexity index is 355. The lowest BCUT2D eigenvalue weighted by Gasteiger charge is -2.70. The summed E-state index contributed by atoms with van der Waals surface area (Å²) in [5, 5.41) is 3.87. The highest BCUT2D eigenvalue weighted by Gasteiger charge is 2.68. The number of hydrogen-bond acceptors (Lipinski definition) is 3. The van der Waals surface area contributed by atoms with Crippen LogP contribution in [0, 0.1) is 21.7 Å². The molecule has 0 aliphatic heterocycles. The Morgan fingerprint density at radius 3 is 1.09 bits per heavy atom. The number of nitrogens with two attached hydrogens (primary N) is 2. The quantitative estimate of drug-likeness (QED) is 0.726. The molecule has 3 nitrogen and oxygen atoms in total. The molecule has 0 heterocycles. The van der Waals surface area contributed by atoms with Crippen molar-refractivity contribution in [1.82, 2.24) is 5.32 Å². The number of rotatable bonds is 4.